The van der Waals surface area contributed by atoms with E-state index in [0.29, 0.717) is 44.1 Å². The van der Waals surface area contributed by atoms with Gasteiger partial charge in [-0.05, 0) is 105 Å². The van der Waals surface area contributed by atoms with Crippen molar-refractivity contribution < 1.29 is 32.9 Å². The van der Waals surface area contributed by atoms with Crippen LogP contribution in [0.5, 0.6) is 11.5 Å². The van der Waals surface area contributed by atoms with Crippen molar-refractivity contribution >= 4 is 5.97 Å². The van der Waals surface area contributed by atoms with Gasteiger partial charge in [-0.25, -0.2) is 8.78 Å². The van der Waals surface area contributed by atoms with E-state index < -0.39 is 40.8 Å². The second kappa shape index (κ2) is 11.7. The molecule has 2 aliphatic carbocycles. The van der Waals surface area contributed by atoms with Gasteiger partial charge >= 0.3 is 5.97 Å². The Morgan fingerprint density at radius 3 is 2.25 bits per heavy atom. The summed E-state index contributed by atoms with van der Waals surface area (Å²) in [6, 6.07) is 7.19. The van der Waals surface area contributed by atoms with Gasteiger partial charge in [-0.3, -0.25) is 4.79 Å². The van der Waals surface area contributed by atoms with Gasteiger partial charge in [-0.2, -0.15) is 4.39 Å². The number of aliphatic hydroxyl groups is 1. The highest BCUT2D eigenvalue weighted by molar-refractivity contribution is 5.75. The molecule has 2 fully saturated rings. The average molecular weight is 505 g/mol. The smallest absolute Gasteiger partial charge is 0.314 e. The molecule has 0 heterocycles. The number of hydrogen-bond acceptors (Lipinski definition) is 4. The number of aromatic hydroxyl groups is 1. The molecule has 1 atom stereocenters. The van der Waals surface area contributed by atoms with Gasteiger partial charge in [0.2, 0.25) is 5.82 Å². The molecule has 2 saturated carbocycles. The van der Waals surface area contributed by atoms with Gasteiger partial charge in [-0.1, -0.05) is 25.5 Å². The Morgan fingerprint density at radius 1 is 0.944 bits per heavy atom. The summed E-state index contributed by atoms with van der Waals surface area (Å²) >= 11 is 0. The summed E-state index contributed by atoms with van der Waals surface area (Å²) in [4.78, 5) is 12.7. The monoisotopic (exact) mass is 504 g/mol. The van der Waals surface area contributed by atoms with Crippen molar-refractivity contribution in [3.8, 4) is 11.5 Å². The quantitative estimate of drug-likeness (QED) is 0.311. The molecule has 2 N–H and O–H groups in total. The Morgan fingerprint density at radius 2 is 1.61 bits per heavy atom. The highest BCUT2D eigenvalue weighted by Gasteiger charge is 2.32. The number of benzene rings is 2. The zero-order valence-corrected chi connectivity index (χ0v) is 20.7. The number of aliphatic hydroxyl groups excluding tert-OH is 1. The van der Waals surface area contributed by atoms with Gasteiger partial charge in [0.15, 0.2) is 23.1 Å². The maximum absolute atomic E-state index is 15.0. The largest absolute Gasteiger partial charge is 0.505 e. The molecule has 4 nitrogen and oxygen atoms in total. The Bertz CT molecular complexity index is 1060. The van der Waals surface area contributed by atoms with Crippen molar-refractivity contribution in [1.82, 2.24) is 0 Å². The van der Waals surface area contributed by atoms with Crippen LogP contribution in [-0.2, 0) is 4.79 Å². The first-order chi connectivity index (χ1) is 17.3. The Balaban J connectivity index is 1.33. The standard InChI is InChI=1S/C29H35F3O4/c1-2-3-24(33)19-8-6-18(7-9-19)22-13-15-26(28(32)27(22)31)36-29(35)20-10-4-17(5-11-20)21-12-14-25(34)23(30)16-21/h12-20,24,33-34H,2-11H2,1H3. The molecule has 2 aliphatic rings. The number of ether oxygens (including phenoxy) is 1. The van der Waals surface area contributed by atoms with Gasteiger partial charge in [0.25, 0.3) is 0 Å². The van der Waals surface area contributed by atoms with Gasteiger partial charge in [0, 0.05) is 0 Å². The summed E-state index contributed by atoms with van der Waals surface area (Å²) in [5, 5.41) is 19.6. The van der Waals surface area contributed by atoms with Crippen molar-refractivity contribution in [2.24, 2.45) is 11.8 Å². The average Bonchev–Trinajstić information content (AvgIpc) is 2.89. The van der Waals surface area contributed by atoms with Gasteiger partial charge < -0.3 is 14.9 Å². The molecule has 0 spiro atoms. The van der Waals surface area contributed by atoms with Crippen LogP contribution in [-0.4, -0.2) is 22.3 Å². The number of esters is 1. The first-order valence-electron chi connectivity index (χ1n) is 13.1. The highest BCUT2D eigenvalue weighted by Crippen LogP contribution is 2.41. The minimum Gasteiger partial charge on any atom is -0.505 e. The number of phenolic OH excluding ortho intramolecular Hbond substituents is 1. The van der Waals surface area contributed by atoms with Crippen LogP contribution in [0.2, 0.25) is 0 Å². The Labute approximate surface area is 210 Å². The Kier molecular flexibility index (Phi) is 8.60. The van der Waals surface area contributed by atoms with E-state index in [9.17, 15) is 28.2 Å². The highest BCUT2D eigenvalue weighted by atomic mass is 19.2. The molecular formula is C29H35F3O4. The molecule has 0 bridgehead atoms. The number of halogens is 3. The summed E-state index contributed by atoms with van der Waals surface area (Å²) in [7, 11) is 0. The van der Waals surface area contributed by atoms with E-state index in [1.165, 1.54) is 24.3 Å². The number of carbonyl (C=O) groups is 1. The van der Waals surface area contributed by atoms with E-state index >= 15 is 0 Å². The van der Waals surface area contributed by atoms with E-state index in [4.69, 9.17) is 4.74 Å². The molecule has 0 amide bonds. The molecule has 4 rings (SSSR count). The molecule has 196 valence electrons. The van der Waals surface area contributed by atoms with Crippen molar-refractivity contribution in [2.45, 2.75) is 89.1 Å². The van der Waals surface area contributed by atoms with E-state index in [1.54, 1.807) is 6.07 Å². The maximum Gasteiger partial charge on any atom is 0.314 e. The van der Waals surface area contributed by atoms with E-state index in [2.05, 4.69) is 0 Å². The second-order valence-electron chi connectivity index (χ2n) is 10.4. The predicted molar refractivity (Wildman–Crippen MR) is 130 cm³/mol. The van der Waals surface area contributed by atoms with Crippen LogP contribution in [0.4, 0.5) is 13.2 Å². The molecule has 36 heavy (non-hydrogen) atoms. The van der Waals surface area contributed by atoms with Crippen molar-refractivity contribution in [1.29, 1.82) is 0 Å². The zero-order valence-electron chi connectivity index (χ0n) is 20.7. The summed E-state index contributed by atoms with van der Waals surface area (Å²) in [5.74, 6) is -4.42. The van der Waals surface area contributed by atoms with Crippen LogP contribution >= 0.6 is 0 Å². The molecule has 7 heteroatoms. The van der Waals surface area contributed by atoms with Crippen LogP contribution in [0.3, 0.4) is 0 Å². The Hall–Kier alpha value is -2.54. The van der Waals surface area contributed by atoms with Gasteiger partial charge in [0.1, 0.15) is 0 Å². The third kappa shape index (κ3) is 5.88. The van der Waals surface area contributed by atoms with Crippen LogP contribution in [0, 0.1) is 29.3 Å². The molecule has 1 unspecified atom stereocenters. The number of phenols is 1. The lowest BCUT2D eigenvalue weighted by molar-refractivity contribution is -0.140. The first-order valence-corrected chi connectivity index (χ1v) is 13.1. The van der Waals surface area contributed by atoms with E-state index in [1.807, 2.05) is 6.92 Å². The fourth-order valence-corrected chi connectivity index (χ4v) is 5.92. The first kappa shape index (κ1) is 26.5. The minimum absolute atomic E-state index is 0.0655. The lowest BCUT2D eigenvalue weighted by atomic mass is 9.76. The van der Waals surface area contributed by atoms with Gasteiger partial charge in [0.05, 0.1) is 12.0 Å². The van der Waals surface area contributed by atoms with Crippen molar-refractivity contribution in [3.05, 3.63) is 58.9 Å². The summed E-state index contributed by atoms with van der Waals surface area (Å²) in [6.45, 7) is 2.03. The van der Waals surface area contributed by atoms with E-state index in [0.717, 1.165) is 31.2 Å². The summed E-state index contributed by atoms with van der Waals surface area (Å²) in [6.07, 6.45) is 6.55. The molecule has 0 aromatic heterocycles. The van der Waals surface area contributed by atoms with Crippen molar-refractivity contribution in [3.63, 3.8) is 0 Å². The molecule has 2 aromatic carbocycles. The zero-order chi connectivity index (χ0) is 25.8. The van der Waals surface area contributed by atoms with Crippen LogP contribution in [0.25, 0.3) is 0 Å². The molecule has 0 radical (unpaired) electrons. The topological polar surface area (TPSA) is 66.8 Å². The van der Waals surface area contributed by atoms with Crippen LogP contribution < -0.4 is 4.74 Å². The lowest BCUT2D eigenvalue weighted by Crippen LogP contribution is -2.26. The minimum atomic E-state index is -1.14. The summed E-state index contributed by atoms with van der Waals surface area (Å²) < 4.78 is 48.8. The SMILES string of the molecule is CCCC(O)C1CCC(c2ccc(OC(=O)C3CCC(c4ccc(O)c(F)c4)CC3)c(F)c2F)CC1. The second-order valence-corrected chi connectivity index (χ2v) is 10.4. The summed E-state index contributed by atoms with van der Waals surface area (Å²) in [5.41, 5.74) is 1.08. The third-order valence-corrected chi connectivity index (χ3v) is 8.13. The molecule has 2 aromatic rings. The van der Waals surface area contributed by atoms with Crippen molar-refractivity contribution in [2.75, 3.05) is 0 Å². The normalized spacial score (nSPS) is 25.4. The van der Waals surface area contributed by atoms with Crippen LogP contribution in [0.15, 0.2) is 30.3 Å². The molecule has 0 saturated heterocycles. The molecule has 0 aliphatic heterocycles. The number of hydrogen-bond donors (Lipinski definition) is 2. The fourth-order valence-electron chi connectivity index (χ4n) is 5.92. The number of rotatable bonds is 7. The fraction of sp³-hybridized carbons (Fsp3) is 0.552. The van der Waals surface area contributed by atoms with E-state index in [-0.39, 0.29) is 23.9 Å². The maximum atomic E-state index is 15.0. The lowest BCUT2D eigenvalue weighted by Gasteiger charge is -2.32. The predicted octanol–water partition coefficient (Wildman–Crippen LogP) is 7.12. The third-order valence-electron chi connectivity index (χ3n) is 8.13. The number of carbonyl (C=O) groups excluding carboxylic acids is 1. The van der Waals surface area contributed by atoms with Crippen LogP contribution in [0.1, 0.15) is 94.1 Å². The molecular weight excluding hydrogens is 469 g/mol. The van der Waals surface area contributed by atoms with Gasteiger partial charge in [-0.15, -0.1) is 0 Å².